The van der Waals surface area contributed by atoms with Crippen molar-refractivity contribution in [2.45, 2.75) is 0 Å². The maximum atomic E-state index is 5.80. The van der Waals surface area contributed by atoms with Crippen LogP contribution < -0.4 is 11.1 Å². The molecule has 0 aliphatic rings. The van der Waals surface area contributed by atoms with E-state index in [0.717, 1.165) is 22.5 Å². The first-order valence-electron chi connectivity index (χ1n) is 4.79. The summed E-state index contributed by atoms with van der Waals surface area (Å²) >= 11 is 0. The maximum absolute atomic E-state index is 5.80. The zero-order valence-electron chi connectivity index (χ0n) is 8.57. The van der Waals surface area contributed by atoms with Crippen LogP contribution in [-0.2, 0) is 0 Å². The Bertz CT molecular complexity index is 452. The predicted octanol–water partition coefficient (Wildman–Crippen LogP) is 2.37. The molecule has 0 saturated carbocycles. The van der Waals surface area contributed by atoms with E-state index in [1.807, 2.05) is 37.4 Å². The molecule has 0 aliphatic carbocycles. The predicted molar refractivity (Wildman–Crippen MR) is 63.6 cm³/mol. The fraction of sp³-hybridized carbons (Fsp3) is 0.0833. The molecule has 0 amide bonds. The number of benzene rings is 1. The van der Waals surface area contributed by atoms with Crippen molar-refractivity contribution in [3.8, 4) is 11.1 Å². The van der Waals surface area contributed by atoms with Crippen LogP contribution >= 0.6 is 0 Å². The van der Waals surface area contributed by atoms with E-state index in [4.69, 9.17) is 5.73 Å². The first-order chi connectivity index (χ1) is 7.31. The molecule has 76 valence electrons. The monoisotopic (exact) mass is 199 g/mol. The fourth-order valence-corrected chi connectivity index (χ4v) is 1.50. The molecule has 0 radical (unpaired) electrons. The van der Waals surface area contributed by atoms with E-state index in [2.05, 4.69) is 10.3 Å². The van der Waals surface area contributed by atoms with E-state index < -0.39 is 0 Å². The molecule has 15 heavy (non-hydrogen) atoms. The smallest absolute Gasteiger partial charge is 0.0577 e. The van der Waals surface area contributed by atoms with E-state index in [-0.39, 0.29) is 0 Å². The minimum absolute atomic E-state index is 0.760. The van der Waals surface area contributed by atoms with E-state index in [9.17, 15) is 0 Å². The number of nitrogens with zero attached hydrogens (tertiary/aromatic N) is 1. The van der Waals surface area contributed by atoms with Crippen molar-refractivity contribution >= 4 is 11.4 Å². The lowest BCUT2D eigenvalue weighted by atomic mass is 10.1. The van der Waals surface area contributed by atoms with Crippen molar-refractivity contribution in [3.05, 3.63) is 42.7 Å². The molecule has 0 aliphatic heterocycles. The fourth-order valence-electron chi connectivity index (χ4n) is 1.50. The van der Waals surface area contributed by atoms with Crippen molar-refractivity contribution in [1.82, 2.24) is 4.98 Å². The van der Waals surface area contributed by atoms with Crippen molar-refractivity contribution in [2.75, 3.05) is 18.1 Å². The number of nitrogens with one attached hydrogen (secondary N) is 1. The van der Waals surface area contributed by atoms with Gasteiger partial charge in [-0.1, -0.05) is 6.07 Å². The van der Waals surface area contributed by atoms with Crippen LogP contribution in [-0.4, -0.2) is 12.0 Å². The molecular weight excluding hydrogens is 186 g/mol. The molecule has 0 fully saturated rings. The van der Waals surface area contributed by atoms with Gasteiger partial charge in [0.15, 0.2) is 0 Å². The van der Waals surface area contributed by atoms with Gasteiger partial charge in [-0.05, 0) is 35.4 Å². The summed E-state index contributed by atoms with van der Waals surface area (Å²) in [6.45, 7) is 0. The lowest BCUT2D eigenvalue weighted by Gasteiger charge is -2.07. The Labute approximate surface area is 89.0 Å². The molecule has 1 heterocycles. The van der Waals surface area contributed by atoms with E-state index in [1.165, 1.54) is 0 Å². The highest BCUT2D eigenvalue weighted by Crippen LogP contribution is 2.26. The van der Waals surface area contributed by atoms with Crippen LogP contribution in [0.5, 0.6) is 0 Å². The zero-order valence-corrected chi connectivity index (χ0v) is 8.57. The third kappa shape index (κ3) is 1.91. The Hall–Kier alpha value is -2.03. The van der Waals surface area contributed by atoms with Crippen LogP contribution in [0.3, 0.4) is 0 Å². The molecule has 3 nitrogen and oxygen atoms in total. The molecule has 1 aromatic heterocycles. The van der Waals surface area contributed by atoms with Gasteiger partial charge in [0.1, 0.15) is 0 Å². The minimum atomic E-state index is 0.760. The number of anilines is 2. The quantitative estimate of drug-likeness (QED) is 0.730. The Kier molecular flexibility index (Phi) is 2.54. The summed E-state index contributed by atoms with van der Waals surface area (Å²) in [5, 5.41) is 3.06. The third-order valence-electron chi connectivity index (χ3n) is 2.34. The number of rotatable bonds is 2. The first-order valence-corrected chi connectivity index (χ1v) is 4.79. The molecule has 1 aromatic carbocycles. The number of pyridine rings is 1. The van der Waals surface area contributed by atoms with Crippen LogP contribution in [0.2, 0.25) is 0 Å². The molecule has 2 rings (SSSR count). The minimum Gasteiger partial charge on any atom is -0.397 e. The SMILES string of the molecule is CNc1cc(-c2ccncc2)ccc1N. The highest BCUT2D eigenvalue weighted by atomic mass is 14.8. The molecule has 0 spiro atoms. The van der Waals surface area contributed by atoms with Gasteiger partial charge in [0, 0.05) is 19.4 Å². The lowest BCUT2D eigenvalue weighted by Crippen LogP contribution is -1.95. The van der Waals surface area contributed by atoms with Gasteiger partial charge in [0.05, 0.1) is 11.4 Å². The number of hydrogen-bond donors (Lipinski definition) is 2. The van der Waals surface area contributed by atoms with E-state index in [0.29, 0.717) is 0 Å². The molecular formula is C12H13N3. The van der Waals surface area contributed by atoms with Gasteiger partial charge in [-0.25, -0.2) is 0 Å². The largest absolute Gasteiger partial charge is 0.397 e. The van der Waals surface area contributed by atoms with Crippen LogP contribution in [0.25, 0.3) is 11.1 Å². The first kappa shape index (κ1) is 9.52. The summed E-state index contributed by atoms with van der Waals surface area (Å²) in [6, 6.07) is 9.90. The Balaban J connectivity index is 2.46. The summed E-state index contributed by atoms with van der Waals surface area (Å²) < 4.78 is 0. The summed E-state index contributed by atoms with van der Waals surface area (Å²) in [6.07, 6.45) is 3.56. The van der Waals surface area contributed by atoms with Crippen molar-refractivity contribution in [2.24, 2.45) is 0 Å². The third-order valence-corrected chi connectivity index (χ3v) is 2.34. The second-order valence-corrected chi connectivity index (χ2v) is 3.29. The zero-order chi connectivity index (χ0) is 10.7. The van der Waals surface area contributed by atoms with Gasteiger partial charge in [-0.3, -0.25) is 4.98 Å². The van der Waals surface area contributed by atoms with Crippen LogP contribution in [0.1, 0.15) is 0 Å². The summed E-state index contributed by atoms with van der Waals surface area (Å²) in [7, 11) is 1.86. The second kappa shape index (κ2) is 4.00. The molecule has 3 heteroatoms. The molecule has 0 atom stereocenters. The lowest BCUT2D eigenvalue weighted by molar-refractivity contribution is 1.33. The average Bonchev–Trinajstić information content (AvgIpc) is 2.31. The number of nitrogen functional groups attached to an aromatic ring is 1. The van der Waals surface area contributed by atoms with Crippen molar-refractivity contribution in [1.29, 1.82) is 0 Å². The maximum Gasteiger partial charge on any atom is 0.0577 e. The van der Waals surface area contributed by atoms with Gasteiger partial charge >= 0.3 is 0 Å². The Morgan fingerprint density at radius 1 is 1.07 bits per heavy atom. The van der Waals surface area contributed by atoms with Crippen LogP contribution in [0, 0.1) is 0 Å². The Morgan fingerprint density at radius 3 is 2.47 bits per heavy atom. The second-order valence-electron chi connectivity index (χ2n) is 3.29. The number of aromatic nitrogens is 1. The van der Waals surface area contributed by atoms with Gasteiger partial charge in [0.25, 0.3) is 0 Å². The normalized spacial score (nSPS) is 9.93. The molecule has 0 saturated heterocycles. The standard InChI is InChI=1S/C12H13N3/c1-14-12-8-10(2-3-11(12)13)9-4-6-15-7-5-9/h2-8,14H,13H2,1H3. The van der Waals surface area contributed by atoms with Gasteiger partial charge in [-0.15, -0.1) is 0 Å². The van der Waals surface area contributed by atoms with Crippen LogP contribution in [0.4, 0.5) is 11.4 Å². The van der Waals surface area contributed by atoms with Gasteiger partial charge in [0.2, 0.25) is 0 Å². The van der Waals surface area contributed by atoms with E-state index >= 15 is 0 Å². The van der Waals surface area contributed by atoms with Crippen molar-refractivity contribution in [3.63, 3.8) is 0 Å². The van der Waals surface area contributed by atoms with Gasteiger partial charge in [-0.2, -0.15) is 0 Å². The van der Waals surface area contributed by atoms with E-state index in [1.54, 1.807) is 12.4 Å². The molecule has 2 aromatic rings. The average molecular weight is 199 g/mol. The highest BCUT2D eigenvalue weighted by molar-refractivity contribution is 5.75. The molecule has 0 bridgehead atoms. The van der Waals surface area contributed by atoms with Crippen LogP contribution in [0.15, 0.2) is 42.7 Å². The summed E-state index contributed by atoms with van der Waals surface area (Å²) in [5.41, 5.74) is 9.79. The van der Waals surface area contributed by atoms with Crippen molar-refractivity contribution < 1.29 is 0 Å². The Morgan fingerprint density at radius 2 is 1.80 bits per heavy atom. The summed E-state index contributed by atoms with van der Waals surface area (Å²) in [4.78, 5) is 3.99. The summed E-state index contributed by atoms with van der Waals surface area (Å²) in [5.74, 6) is 0. The topological polar surface area (TPSA) is 50.9 Å². The molecule has 0 unspecified atom stereocenters. The highest BCUT2D eigenvalue weighted by Gasteiger charge is 2.00. The number of hydrogen-bond acceptors (Lipinski definition) is 3. The number of nitrogens with two attached hydrogens (primary N) is 1. The molecule has 3 N–H and O–H groups in total. The van der Waals surface area contributed by atoms with Gasteiger partial charge < -0.3 is 11.1 Å².